The van der Waals surface area contributed by atoms with Crippen LogP contribution >= 0.6 is 0 Å². The van der Waals surface area contributed by atoms with E-state index in [4.69, 9.17) is 29.2 Å². The van der Waals surface area contributed by atoms with Crippen LogP contribution in [0.5, 0.6) is 23.0 Å². The Kier molecular flexibility index (Phi) is 7.44. The number of carbonyl (C=O) groups excluding carboxylic acids is 1. The molecule has 0 saturated carbocycles. The number of nitrogens with zero attached hydrogens (tertiary/aromatic N) is 1. The highest BCUT2D eigenvalue weighted by Crippen LogP contribution is 2.43. The van der Waals surface area contributed by atoms with E-state index in [2.05, 4.69) is 10.5 Å². The summed E-state index contributed by atoms with van der Waals surface area (Å²) >= 11 is 0. The highest BCUT2D eigenvalue weighted by atomic mass is 16.5. The van der Waals surface area contributed by atoms with E-state index < -0.39 is 6.04 Å². The van der Waals surface area contributed by atoms with Gasteiger partial charge >= 0.3 is 0 Å². The maximum atomic E-state index is 12.5. The van der Waals surface area contributed by atoms with E-state index in [0.29, 0.717) is 45.5 Å². The number of hydrogen-bond donors (Lipinski definition) is 2. The number of anilines is 1. The Morgan fingerprint density at radius 1 is 0.939 bits per heavy atom. The van der Waals surface area contributed by atoms with Crippen LogP contribution in [0.25, 0.3) is 22.4 Å². The molecule has 33 heavy (non-hydrogen) atoms. The molecule has 0 aliphatic carbocycles. The number of rotatable bonds is 9. The third kappa shape index (κ3) is 4.88. The molecule has 9 nitrogen and oxygen atoms in total. The van der Waals surface area contributed by atoms with Crippen LogP contribution in [0.4, 0.5) is 5.69 Å². The first-order valence-electron chi connectivity index (χ1n) is 10.3. The zero-order valence-electron chi connectivity index (χ0n) is 19.6. The molecule has 0 saturated heterocycles. The van der Waals surface area contributed by atoms with Gasteiger partial charge in [-0.25, -0.2) is 0 Å². The minimum Gasteiger partial charge on any atom is -0.495 e. The second kappa shape index (κ2) is 10.3. The molecule has 1 unspecified atom stereocenters. The molecule has 0 spiro atoms. The van der Waals surface area contributed by atoms with E-state index in [1.54, 1.807) is 45.6 Å². The van der Waals surface area contributed by atoms with Crippen molar-refractivity contribution in [1.29, 1.82) is 0 Å². The van der Waals surface area contributed by atoms with Gasteiger partial charge in [0.15, 0.2) is 11.5 Å². The molecule has 3 rings (SSSR count). The van der Waals surface area contributed by atoms with Crippen molar-refractivity contribution in [3.63, 3.8) is 0 Å². The van der Waals surface area contributed by atoms with E-state index >= 15 is 0 Å². The van der Waals surface area contributed by atoms with E-state index in [0.717, 1.165) is 5.56 Å². The van der Waals surface area contributed by atoms with Gasteiger partial charge < -0.3 is 34.5 Å². The number of aromatic nitrogens is 1. The van der Waals surface area contributed by atoms with Crippen LogP contribution in [-0.2, 0) is 4.79 Å². The second-order valence-electron chi connectivity index (χ2n) is 7.66. The number of carbonyl (C=O) groups is 1. The van der Waals surface area contributed by atoms with Crippen molar-refractivity contribution < 1.29 is 28.3 Å². The van der Waals surface area contributed by atoms with Gasteiger partial charge in [0.25, 0.3) is 0 Å². The summed E-state index contributed by atoms with van der Waals surface area (Å²) in [4.78, 5) is 12.5. The Balaban J connectivity index is 2.06. The Bertz CT molecular complexity index is 1100. The van der Waals surface area contributed by atoms with Crippen molar-refractivity contribution in [2.45, 2.75) is 19.9 Å². The number of benzene rings is 2. The zero-order valence-corrected chi connectivity index (χ0v) is 19.6. The lowest BCUT2D eigenvalue weighted by molar-refractivity contribution is -0.118. The normalized spacial score (nSPS) is 11.8. The summed E-state index contributed by atoms with van der Waals surface area (Å²) < 4.78 is 27.0. The fraction of sp³-hybridized carbons (Fsp3) is 0.333. The summed E-state index contributed by atoms with van der Waals surface area (Å²) in [5, 5.41) is 7.05. The van der Waals surface area contributed by atoms with Crippen LogP contribution in [0.1, 0.15) is 13.8 Å². The van der Waals surface area contributed by atoms with E-state index in [1.165, 1.54) is 13.4 Å². The highest BCUT2D eigenvalue weighted by molar-refractivity contribution is 5.97. The summed E-state index contributed by atoms with van der Waals surface area (Å²) in [6.45, 7) is 3.78. The van der Waals surface area contributed by atoms with E-state index in [-0.39, 0.29) is 11.8 Å². The summed E-state index contributed by atoms with van der Waals surface area (Å²) in [7, 11) is 6.17. The maximum absolute atomic E-state index is 12.5. The van der Waals surface area contributed by atoms with Gasteiger partial charge in [-0.1, -0.05) is 25.1 Å². The number of amides is 1. The monoisotopic (exact) mass is 455 g/mol. The SMILES string of the molecule is COc1ccc(-c2conc2-c2cc(OC)c(OC)c(OC)c2)cc1NC(=O)C(N)C(C)C. The molecule has 1 heterocycles. The summed E-state index contributed by atoms with van der Waals surface area (Å²) in [6, 6.07) is 8.33. The van der Waals surface area contributed by atoms with Crippen LogP contribution in [0.3, 0.4) is 0 Å². The van der Waals surface area contributed by atoms with Gasteiger partial charge in [0.2, 0.25) is 11.7 Å². The van der Waals surface area contributed by atoms with Gasteiger partial charge in [-0.15, -0.1) is 0 Å². The smallest absolute Gasteiger partial charge is 0.241 e. The van der Waals surface area contributed by atoms with E-state index in [1.807, 2.05) is 19.9 Å². The summed E-state index contributed by atoms with van der Waals surface area (Å²) in [6.07, 6.45) is 1.53. The van der Waals surface area contributed by atoms with Crippen molar-refractivity contribution in [1.82, 2.24) is 5.16 Å². The fourth-order valence-electron chi connectivity index (χ4n) is 3.36. The number of hydrogen-bond acceptors (Lipinski definition) is 8. The number of methoxy groups -OCH3 is 4. The third-order valence-electron chi connectivity index (χ3n) is 5.30. The lowest BCUT2D eigenvalue weighted by atomic mass is 10.00. The summed E-state index contributed by atoms with van der Waals surface area (Å²) in [5.41, 5.74) is 9.23. The topological polar surface area (TPSA) is 118 Å². The third-order valence-corrected chi connectivity index (χ3v) is 5.30. The van der Waals surface area contributed by atoms with Gasteiger partial charge in [0.1, 0.15) is 17.7 Å². The molecular formula is C24H29N3O6. The van der Waals surface area contributed by atoms with Crippen LogP contribution in [0.2, 0.25) is 0 Å². The van der Waals surface area contributed by atoms with Crippen molar-refractivity contribution in [3.05, 3.63) is 36.6 Å². The fourth-order valence-corrected chi connectivity index (χ4v) is 3.36. The zero-order chi connectivity index (χ0) is 24.1. The molecule has 1 amide bonds. The Morgan fingerprint density at radius 3 is 2.12 bits per heavy atom. The molecule has 2 aromatic carbocycles. The molecule has 3 N–H and O–H groups in total. The average molecular weight is 456 g/mol. The molecule has 9 heteroatoms. The molecule has 1 atom stereocenters. The number of nitrogens with one attached hydrogen (secondary N) is 1. The minimum absolute atomic E-state index is 0.0103. The molecule has 0 bridgehead atoms. The standard InChI is InChI=1S/C24H29N3O6/c1-13(2)21(25)24(28)26-17-9-14(7-8-18(17)29-3)16-12-33-27-22(16)15-10-19(30-4)23(32-6)20(11-15)31-5/h7-13,21H,25H2,1-6H3,(H,26,28). The molecule has 176 valence electrons. The number of nitrogens with two attached hydrogens (primary N) is 1. The van der Waals surface area contributed by atoms with Crippen LogP contribution < -0.4 is 30.0 Å². The quantitative estimate of drug-likeness (QED) is 0.498. The van der Waals surface area contributed by atoms with Crippen LogP contribution in [0.15, 0.2) is 41.1 Å². The predicted octanol–water partition coefficient (Wildman–Crippen LogP) is 3.96. The largest absolute Gasteiger partial charge is 0.495 e. The molecule has 0 aliphatic rings. The molecule has 3 aromatic rings. The molecule has 1 aromatic heterocycles. The minimum atomic E-state index is -0.649. The highest BCUT2D eigenvalue weighted by Gasteiger charge is 2.22. The molecular weight excluding hydrogens is 426 g/mol. The summed E-state index contributed by atoms with van der Waals surface area (Å²) in [5.74, 6) is 1.66. The van der Waals surface area contributed by atoms with Crippen molar-refractivity contribution in [2.75, 3.05) is 33.8 Å². The first kappa shape index (κ1) is 23.9. The maximum Gasteiger partial charge on any atom is 0.241 e. The van der Waals surface area contributed by atoms with Crippen molar-refractivity contribution >= 4 is 11.6 Å². The predicted molar refractivity (Wildman–Crippen MR) is 125 cm³/mol. The second-order valence-corrected chi connectivity index (χ2v) is 7.66. The van der Waals surface area contributed by atoms with E-state index in [9.17, 15) is 4.79 Å². The number of ether oxygens (including phenoxy) is 4. The van der Waals surface area contributed by atoms with Gasteiger partial charge in [-0.05, 0) is 35.7 Å². The van der Waals surface area contributed by atoms with Crippen molar-refractivity contribution in [2.24, 2.45) is 11.7 Å². The lowest BCUT2D eigenvalue weighted by Gasteiger charge is -2.17. The van der Waals surface area contributed by atoms with Crippen LogP contribution in [-0.4, -0.2) is 45.5 Å². The average Bonchev–Trinajstić information content (AvgIpc) is 3.32. The Labute approximate surface area is 192 Å². The van der Waals surface area contributed by atoms with Gasteiger partial charge in [0, 0.05) is 11.1 Å². The van der Waals surface area contributed by atoms with Crippen LogP contribution in [0, 0.1) is 5.92 Å². The molecule has 0 radical (unpaired) electrons. The molecule has 0 aliphatic heterocycles. The first-order chi connectivity index (χ1) is 15.8. The van der Waals surface area contributed by atoms with Gasteiger partial charge in [-0.2, -0.15) is 0 Å². The van der Waals surface area contributed by atoms with Gasteiger partial charge in [0.05, 0.1) is 40.2 Å². The van der Waals surface area contributed by atoms with Gasteiger partial charge in [-0.3, -0.25) is 4.79 Å². The first-order valence-corrected chi connectivity index (χ1v) is 10.3. The Morgan fingerprint density at radius 2 is 1.58 bits per heavy atom. The van der Waals surface area contributed by atoms with Crippen molar-refractivity contribution in [3.8, 4) is 45.4 Å². The lowest BCUT2D eigenvalue weighted by Crippen LogP contribution is -2.39. The Hall–Kier alpha value is -3.72. The molecule has 0 fully saturated rings.